The highest BCUT2D eigenvalue weighted by atomic mass is 79.9. The van der Waals surface area contributed by atoms with Crippen LogP contribution >= 0.6 is 15.9 Å². The number of hydrogen-bond acceptors (Lipinski definition) is 2. The van der Waals surface area contributed by atoms with Gasteiger partial charge in [0.15, 0.2) is 0 Å². The maximum Gasteiger partial charge on any atom is 0.416 e. The van der Waals surface area contributed by atoms with Gasteiger partial charge >= 0.3 is 6.18 Å². The van der Waals surface area contributed by atoms with Gasteiger partial charge in [-0.1, -0.05) is 0 Å². The van der Waals surface area contributed by atoms with Crippen molar-refractivity contribution in [2.24, 2.45) is 5.73 Å². The van der Waals surface area contributed by atoms with Crippen molar-refractivity contribution in [2.75, 3.05) is 11.4 Å². The molecule has 2 rings (SSSR count). The quantitative estimate of drug-likeness (QED) is 0.845. The molecule has 19 heavy (non-hydrogen) atoms. The minimum absolute atomic E-state index is 0.180. The Balaban J connectivity index is 2.26. The molecule has 2 unspecified atom stereocenters. The maximum atomic E-state index is 12.6. The third-order valence-corrected chi connectivity index (χ3v) is 4.14. The van der Waals surface area contributed by atoms with Gasteiger partial charge in [-0.3, -0.25) is 0 Å². The number of anilines is 1. The second-order valence-electron chi connectivity index (χ2n) is 4.99. The molecular formula is C13H16BrF3N2. The topological polar surface area (TPSA) is 29.3 Å². The van der Waals surface area contributed by atoms with Crippen molar-refractivity contribution < 1.29 is 13.2 Å². The van der Waals surface area contributed by atoms with Crippen LogP contribution in [0.4, 0.5) is 18.9 Å². The first-order chi connectivity index (χ1) is 8.79. The Kier molecular flexibility index (Phi) is 4.11. The summed E-state index contributed by atoms with van der Waals surface area (Å²) in [7, 11) is 0. The van der Waals surface area contributed by atoms with E-state index in [1.807, 2.05) is 6.92 Å². The van der Waals surface area contributed by atoms with Crippen LogP contribution in [0.2, 0.25) is 0 Å². The highest BCUT2D eigenvalue weighted by Gasteiger charge is 2.32. The van der Waals surface area contributed by atoms with Gasteiger partial charge in [-0.2, -0.15) is 13.2 Å². The zero-order valence-electron chi connectivity index (χ0n) is 10.5. The first-order valence-corrected chi connectivity index (χ1v) is 6.97. The van der Waals surface area contributed by atoms with E-state index in [9.17, 15) is 13.2 Å². The van der Waals surface area contributed by atoms with Crippen molar-refractivity contribution in [3.8, 4) is 0 Å². The molecule has 0 aromatic heterocycles. The zero-order chi connectivity index (χ0) is 14.2. The summed E-state index contributed by atoms with van der Waals surface area (Å²) < 4.78 is 38.3. The van der Waals surface area contributed by atoms with Crippen LogP contribution in [0.3, 0.4) is 0 Å². The first-order valence-electron chi connectivity index (χ1n) is 6.18. The number of nitrogens with zero attached hydrogens (tertiary/aromatic N) is 1. The number of benzene rings is 1. The molecule has 0 radical (unpaired) electrons. The van der Waals surface area contributed by atoms with Gasteiger partial charge in [-0.25, -0.2) is 0 Å². The predicted molar refractivity (Wildman–Crippen MR) is 73.2 cm³/mol. The van der Waals surface area contributed by atoms with Crippen LogP contribution in [0.1, 0.15) is 25.3 Å². The maximum absolute atomic E-state index is 12.6. The third kappa shape index (κ3) is 3.23. The van der Waals surface area contributed by atoms with Crippen LogP contribution in [0, 0.1) is 0 Å². The SMILES string of the molecule is CC1CC(N)CCN1c1ccc(C(F)(F)F)cc1Br. The predicted octanol–water partition coefficient (Wildman–Crippen LogP) is 3.78. The fraction of sp³-hybridized carbons (Fsp3) is 0.538. The lowest BCUT2D eigenvalue weighted by molar-refractivity contribution is -0.137. The fourth-order valence-electron chi connectivity index (χ4n) is 2.48. The summed E-state index contributed by atoms with van der Waals surface area (Å²) in [6, 6.07) is 4.20. The second-order valence-corrected chi connectivity index (χ2v) is 5.85. The van der Waals surface area contributed by atoms with E-state index in [0.29, 0.717) is 4.47 Å². The number of alkyl halides is 3. The van der Waals surface area contributed by atoms with Gasteiger partial charge in [0.2, 0.25) is 0 Å². The number of piperidine rings is 1. The standard InChI is InChI=1S/C13H16BrF3N2/c1-8-6-10(18)4-5-19(8)12-3-2-9(7-11(12)14)13(15,16)17/h2-3,7-8,10H,4-6,18H2,1H3. The van der Waals surface area contributed by atoms with E-state index in [1.54, 1.807) is 0 Å². The van der Waals surface area contributed by atoms with E-state index in [-0.39, 0.29) is 12.1 Å². The van der Waals surface area contributed by atoms with Crippen LogP contribution in [-0.2, 0) is 6.18 Å². The molecule has 1 saturated heterocycles. The summed E-state index contributed by atoms with van der Waals surface area (Å²) in [6.45, 7) is 2.81. The molecule has 1 aliphatic heterocycles. The summed E-state index contributed by atoms with van der Waals surface area (Å²) in [5.74, 6) is 0. The molecule has 1 heterocycles. The molecule has 0 bridgehead atoms. The lowest BCUT2D eigenvalue weighted by Gasteiger charge is -2.38. The van der Waals surface area contributed by atoms with Crippen LogP contribution in [0.5, 0.6) is 0 Å². The van der Waals surface area contributed by atoms with Gasteiger partial charge in [0.1, 0.15) is 0 Å². The van der Waals surface area contributed by atoms with Crippen LogP contribution < -0.4 is 10.6 Å². The smallest absolute Gasteiger partial charge is 0.368 e. The van der Waals surface area contributed by atoms with Crippen molar-refractivity contribution in [2.45, 2.75) is 38.0 Å². The molecule has 1 aliphatic rings. The lowest BCUT2D eigenvalue weighted by Crippen LogP contribution is -2.45. The summed E-state index contributed by atoms with van der Waals surface area (Å²) >= 11 is 3.24. The molecule has 2 N–H and O–H groups in total. The van der Waals surface area contributed by atoms with E-state index in [2.05, 4.69) is 20.8 Å². The molecule has 0 aliphatic carbocycles. The van der Waals surface area contributed by atoms with Crippen LogP contribution in [0.15, 0.2) is 22.7 Å². The molecule has 1 aromatic rings. The number of hydrogen-bond donors (Lipinski definition) is 1. The highest BCUT2D eigenvalue weighted by Crippen LogP contribution is 2.37. The molecule has 0 saturated carbocycles. The zero-order valence-corrected chi connectivity index (χ0v) is 12.1. The summed E-state index contributed by atoms with van der Waals surface area (Å²) in [6.07, 6.45) is -2.60. The van der Waals surface area contributed by atoms with Gasteiger partial charge in [-0.15, -0.1) is 0 Å². The largest absolute Gasteiger partial charge is 0.416 e. The fourth-order valence-corrected chi connectivity index (χ4v) is 3.09. The van der Waals surface area contributed by atoms with Crippen molar-refractivity contribution in [1.29, 1.82) is 0 Å². The summed E-state index contributed by atoms with van der Waals surface area (Å²) in [5.41, 5.74) is 6.06. The number of rotatable bonds is 1. The Morgan fingerprint density at radius 3 is 2.58 bits per heavy atom. The van der Waals surface area contributed by atoms with Gasteiger partial charge in [0.25, 0.3) is 0 Å². The molecule has 0 spiro atoms. The van der Waals surface area contributed by atoms with Crippen molar-refractivity contribution >= 4 is 21.6 Å². The minimum Gasteiger partial charge on any atom is -0.368 e. The summed E-state index contributed by atoms with van der Waals surface area (Å²) in [4.78, 5) is 2.10. The van der Waals surface area contributed by atoms with Gasteiger partial charge in [0, 0.05) is 23.1 Å². The van der Waals surface area contributed by atoms with Crippen molar-refractivity contribution in [3.63, 3.8) is 0 Å². The number of halogens is 4. The summed E-state index contributed by atoms with van der Waals surface area (Å²) in [5, 5.41) is 0. The number of nitrogens with two attached hydrogens (primary N) is 1. The Bertz CT molecular complexity index is 462. The van der Waals surface area contributed by atoms with Gasteiger partial charge < -0.3 is 10.6 Å². The molecule has 2 atom stereocenters. The highest BCUT2D eigenvalue weighted by molar-refractivity contribution is 9.10. The van der Waals surface area contributed by atoms with Gasteiger partial charge in [0.05, 0.1) is 11.3 Å². The first kappa shape index (κ1) is 14.7. The van der Waals surface area contributed by atoms with Crippen molar-refractivity contribution in [1.82, 2.24) is 0 Å². The van der Waals surface area contributed by atoms with E-state index in [0.717, 1.165) is 37.2 Å². The van der Waals surface area contributed by atoms with Gasteiger partial charge in [-0.05, 0) is 53.9 Å². The van der Waals surface area contributed by atoms with E-state index in [1.165, 1.54) is 6.07 Å². The average molecular weight is 337 g/mol. The molecule has 1 aromatic carbocycles. The molecule has 0 amide bonds. The van der Waals surface area contributed by atoms with E-state index < -0.39 is 11.7 Å². The Hall–Kier alpha value is -0.750. The molecular weight excluding hydrogens is 321 g/mol. The Labute approximate surface area is 118 Å². The Morgan fingerprint density at radius 1 is 1.37 bits per heavy atom. The lowest BCUT2D eigenvalue weighted by atomic mass is 9.98. The molecule has 6 heteroatoms. The van der Waals surface area contributed by atoms with Crippen molar-refractivity contribution in [3.05, 3.63) is 28.2 Å². The Morgan fingerprint density at radius 2 is 2.05 bits per heavy atom. The third-order valence-electron chi connectivity index (χ3n) is 3.50. The molecule has 1 fully saturated rings. The minimum atomic E-state index is -4.31. The van der Waals surface area contributed by atoms with E-state index in [4.69, 9.17) is 5.73 Å². The average Bonchev–Trinajstić information content (AvgIpc) is 2.28. The van der Waals surface area contributed by atoms with Crippen LogP contribution in [-0.4, -0.2) is 18.6 Å². The van der Waals surface area contributed by atoms with E-state index >= 15 is 0 Å². The molecule has 106 valence electrons. The monoisotopic (exact) mass is 336 g/mol. The molecule has 2 nitrogen and oxygen atoms in total. The normalized spacial score (nSPS) is 24.6. The van der Waals surface area contributed by atoms with Crippen LogP contribution in [0.25, 0.3) is 0 Å². The second kappa shape index (κ2) is 5.32.